The molecule has 6 heteroatoms. The average Bonchev–Trinajstić information content (AvgIpc) is 2.92. The van der Waals surface area contributed by atoms with Crippen molar-refractivity contribution in [1.82, 2.24) is 9.55 Å². The van der Waals surface area contributed by atoms with Crippen LogP contribution in [0.3, 0.4) is 0 Å². The third kappa shape index (κ3) is 3.25. The van der Waals surface area contributed by atoms with Crippen molar-refractivity contribution >= 4 is 34.2 Å². The molecule has 3 rings (SSSR count). The molecule has 0 unspecified atom stereocenters. The van der Waals surface area contributed by atoms with E-state index in [1.165, 1.54) is 11.8 Å². The molecule has 2 heterocycles. The third-order valence-electron chi connectivity index (χ3n) is 4.25. The maximum absolute atomic E-state index is 12.6. The molecule has 0 spiro atoms. The van der Waals surface area contributed by atoms with Gasteiger partial charge in [-0.3, -0.25) is 4.79 Å². The van der Waals surface area contributed by atoms with Gasteiger partial charge < -0.3 is 15.0 Å². The summed E-state index contributed by atoms with van der Waals surface area (Å²) in [5.74, 6) is 0.102. The Morgan fingerprint density at radius 1 is 1.32 bits per heavy atom. The maximum atomic E-state index is 12.6. The summed E-state index contributed by atoms with van der Waals surface area (Å²) in [4.78, 5) is 16.9. The molecule has 130 valence electrons. The fraction of sp³-hybridized carbons (Fsp3) is 0.263. The number of hydrogen-bond donors (Lipinski definition) is 2. The van der Waals surface area contributed by atoms with Crippen molar-refractivity contribution < 1.29 is 9.90 Å². The van der Waals surface area contributed by atoms with Gasteiger partial charge in [-0.2, -0.15) is 0 Å². The number of hydrogen-bond acceptors (Lipinski definition) is 3. The molecule has 0 fully saturated rings. The van der Waals surface area contributed by atoms with E-state index in [1.54, 1.807) is 10.8 Å². The smallest absolute Gasteiger partial charge is 0.258 e. The number of aryl methyl sites for hydroxylation is 1. The molecule has 0 aliphatic heterocycles. The molecule has 25 heavy (non-hydrogen) atoms. The Bertz CT molecular complexity index is 930. The number of aromatic nitrogens is 2. The molecule has 0 saturated carbocycles. The number of rotatable bonds is 4. The van der Waals surface area contributed by atoms with E-state index >= 15 is 0 Å². The van der Waals surface area contributed by atoms with Gasteiger partial charge in [-0.15, -0.1) is 0 Å². The van der Waals surface area contributed by atoms with Gasteiger partial charge in [-0.25, -0.2) is 4.98 Å². The molecule has 1 aromatic carbocycles. The summed E-state index contributed by atoms with van der Waals surface area (Å²) in [6, 6.07) is 7.72. The van der Waals surface area contributed by atoms with Gasteiger partial charge in [-0.05, 0) is 23.6 Å². The van der Waals surface area contributed by atoms with Crippen molar-refractivity contribution in [3.05, 3.63) is 58.4 Å². The number of aliphatic hydroxyl groups excluding tert-OH is 1. The number of amides is 1. The highest BCUT2D eigenvalue weighted by Gasteiger charge is 2.18. The molecular weight excluding hydrogens is 338 g/mol. The van der Waals surface area contributed by atoms with Gasteiger partial charge in [-0.1, -0.05) is 37.6 Å². The number of pyridine rings is 1. The molecule has 2 aromatic heterocycles. The van der Waals surface area contributed by atoms with E-state index in [1.807, 2.05) is 31.3 Å². The van der Waals surface area contributed by atoms with E-state index in [9.17, 15) is 9.90 Å². The summed E-state index contributed by atoms with van der Waals surface area (Å²) in [5.41, 5.74) is 3.46. The minimum absolute atomic E-state index is 0.166. The second-order valence-electron chi connectivity index (χ2n) is 6.34. The number of carbonyl (C=O) groups excluding carboxylic acids is 1. The number of aliphatic hydroxyl groups is 1. The van der Waals surface area contributed by atoms with Crippen molar-refractivity contribution in [2.24, 2.45) is 7.05 Å². The largest absolute Gasteiger partial charge is 0.392 e. The molecular formula is C19H20ClN3O2. The molecule has 0 aliphatic carbocycles. The molecule has 2 N–H and O–H groups in total. The topological polar surface area (TPSA) is 67.2 Å². The molecule has 0 saturated heterocycles. The Morgan fingerprint density at radius 2 is 2.00 bits per heavy atom. The van der Waals surface area contributed by atoms with Gasteiger partial charge in [0.1, 0.15) is 5.65 Å². The monoisotopic (exact) mass is 357 g/mol. The van der Waals surface area contributed by atoms with Gasteiger partial charge in [0, 0.05) is 36.1 Å². The molecule has 0 aliphatic rings. The minimum atomic E-state index is -0.329. The van der Waals surface area contributed by atoms with Crippen LogP contribution in [0.15, 0.2) is 36.7 Å². The van der Waals surface area contributed by atoms with E-state index in [0.717, 1.165) is 0 Å². The molecule has 0 atom stereocenters. The first-order chi connectivity index (χ1) is 11.9. The highest BCUT2D eigenvalue weighted by molar-refractivity contribution is 6.39. The predicted octanol–water partition coefficient (Wildman–Crippen LogP) is 4.09. The van der Waals surface area contributed by atoms with Crippen molar-refractivity contribution in [2.75, 3.05) is 5.32 Å². The molecule has 0 radical (unpaired) electrons. The predicted molar refractivity (Wildman–Crippen MR) is 100 cm³/mol. The van der Waals surface area contributed by atoms with Gasteiger partial charge in [0.05, 0.1) is 17.2 Å². The highest BCUT2D eigenvalue weighted by Crippen LogP contribution is 2.30. The molecule has 1 amide bonds. The summed E-state index contributed by atoms with van der Waals surface area (Å²) in [5, 5.41) is 13.3. The zero-order chi connectivity index (χ0) is 18.1. The number of benzene rings is 1. The Kier molecular flexibility index (Phi) is 4.79. The van der Waals surface area contributed by atoms with Crippen LogP contribution >= 0.6 is 11.6 Å². The summed E-state index contributed by atoms with van der Waals surface area (Å²) in [7, 11) is 1.82. The number of halogens is 1. The lowest BCUT2D eigenvalue weighted by molar-refractivity contribution is 0.102. The summed E-state index contributed by atoms with van der Waals surface area (Å²) in [6.07, 6.45) is 3.22. The number of carbonyl (C=O) groups is 1. The number of nitrogens with one attached hydrogen (secondary N) is 1. The molecule has 5 nitrogen and oxygen atoms in total. The number of fused-ring (bicyclic) bond motifs is 1. The average molecular weight is 358 g/mol. The van der Waals surface area contributed by atoms with Crippen LogP contribution in [0.4, 0.5) is 5.69 Å². The zero-order valence-electron chi connectivity index (χ0n) is 14.4. The van der Waals surface area contributed by atoms with Crippen LogP contribution in [0.5, 0.6) is 0 Å². The first-order valence-corrected chi connectivity index (χ1v) is 8.44. The highest BCUT2D eigenvalue weighted by atomic mass is 35.5. The van der Waals surface area contributed by atoms with Gasteiger partial charge in [0.2, 0.25) is 0 Å². The lowest BCUT2D eigenvalue weighted by atomic mass is 10.0. The Balaban J connectivity index is 1.93. The fourth-order valence-electron chi connectivity index (χ4n) is 2.82. The van der Waals surface area contributed by atoms with Crippen molar-refractivity contribution in [3.8, 4) is 0 Å². The van der Waals surface area contributed by atoms with E-state index in [0.29, 0.717) is 33.2 Å². The van der Waals surface area contributed by atoms with E-state index < -0.39 is 0 Å². The van der Waals surface area contributed by atoms with Crippen LogP contribution in [0, 0.1) is 0 Å². The molecule has 3 aromatic rings. The number of anilines is 1. The molecule has 0 bridgehead atoms. The second-order valence-corrected chi connectivity index (χ2v) is 6.72. The summed E-state index contributed by atoms with van der Waals surface area (Å²) in [6.45, 7) is 4.07. The first-order valence-electron chi connectivity index (χ1n) is 8.07. The van der Waals surface area contributed by atoms with Gasteiger partial charge in [0.15, 0.2) is 0 Å². The third-order valence-corrected chi connectivity index (χ3v) is 4.64. The fourth-order valence-corrected chi connectivity index (χ4v) is 3.16. The second kappa shape index (κ2) is 6.86. The lowest BCUT2D eigenvalue weighted by Gasteiger charge is -2.10. The Hall–Kier alpha value is -2.37. The van der Waals surface area contributed by atoms with Crippen molar-refractivity contribution in [1.29, 1.82) is 0 Å². The van der Waals surface area contributed by atoms with Crippen molar-refractivity contribution in [3.63, 3.8) is 0 Å². The quantitative estimate of drug-likeness (QED) is 0.738. The van der Waals surface area contributed by atoms with Crippen molar-refractivity contribution in [2.45, 2.75) is 26.4 Å². The Morgan fingerprint density at radius 3 is 2.60 bits per heavy atom. The normalized spacial score (nSPS) is 11.3. The van der Waals surface area contributed by atoms with Crippen LogP contribution in [0.1, 0.15) is 41.3 Å². The van der Waals surface area contributed by atoms with E-state index in [-0.39, 0.29) is 18.1 Å². The van der Waals surface area contributed by atoms with Gasteiger partial charge in [0.25, 0.3) is 5.91 Å². The maximum Gasteiger partial charge on any atom is 0.258 e. The zero-order valence-corrected chi connectivity index (χ0v) is 15.1. The number of nitrogens with zero attached hydrogens (tertiary/aromatic N) is 2. The SMILES string of the molecule is CC(C)c1ccc(NC(=O)c2cnc3c(c(CO)cn3C)c2Cl)cc1. The summed E-state index contributed by atoms with van der Waals surface area (Å²) < 4.78 is 1.78. The van der Waals surface area contributed by atoms with E-state index in [4.69, 9.17) is 11.6 Å². The van der Waals surface area contributed by atoms with Crippen LogP contribution in [0.25, 0.3) is 11.0 Å². The first kappa shape index (κ1) is 17.5. The summed E-state index contributed by atoms with van der Waals surface area (Å²) >= 11 is 6.44. The van der Waals surface area contributed by atoms with Gasteiger partial charge >= 0.3 is 0 Å². The minimum Gasteiger partial charge on any atom is -0.392 e. The van der Waals surface area contributed by atoms with Crippen LogP contribution in [0.2, 0.25) is 5.02 Å². The van der Waals surface area contributed by atoms with Crippen LogP contribution < -0.4 is 5.32 Å². The standard InChI is InChI=1S/C19H20ClN3O2/c1-11(2)12-4-6-14(7-5-12)22-19(25)15-8-21-18-16(17(15)20)13(10-24)9-23(18)3/h4-9,11,24H,10H2,1-3H3,(H,22,25). The lowest BCUT2D eigenvalue weighted by Crippen LogP contribution is -2.13. The Labute approximate surface area is 151 Å². The van der Waals surface area contributed by atoms with Crippen LogP contribution in [-0.4, -0.2) is 20.6 Å². The van der Waals surface area contributed by atoms with Crippen LogP contribution in [-0.2, 0) is 13.7 Å². The van der Waals surface area contributed by atoms with E-state index in [2.05, 4.69) is 24.1 Å².